The summed E-state index contributed by atoms with van der Waals surface area (Å²) in [6.07, 6.45) is 3.35. The highest BCUT2D eigenvalue weighted by Gasteiger charge is 2.34. The first-order valence-corrected chi connectivity index (χ1v) is 8.10. The number of aromatic amines is 1. The Balaban J connectivity index is 1.94. The number of carbonyl (C=O) groups is 1. The fourth-order valence-electron chi connectivity index (χ4n) is 2.99. The molecule has 4 rings (SSSR count). The zero-order valence-electron chi connectivity index (χ0n) is 13.2. The minimum Gasteiger partial charge on any atom is -0.495 e. The molecule has 1 aliphatic rings. The van der Waals surface area contributed by atoms with Crippen LogP contribution in [-0.2, 0) is 0 Å². The van der Waals surface area contributed by atoms with Crippen molar-refractivity contribution in [1.82, 2.24) is 14.6 Å². The fraction of sp³-hybridized carbons (Fsp3) is 0.235. The van der Waals surface area contributed by atoms with Crippen molar-refractivity contribution in [2.75, 3.05) is 7.11 Å². The van der Waals surface area contributed by atoms with E-state index in [2.05, 4.69) is 10.1 Å². The van der Waals surface area contributed by atoms with Gasteiger partial charge in [0, 0.05) is 11.1 Å². The highest BCUT2D eigenvalue weighted by molar-refractivity contribution is 6.32. The summed E-state index contributed by atoms with van der Waals surface area (Å²) in [5.74, 6) is -0.559. The molecule has 2 heterocycles. The predicted molar refractivity (Wildman–Crippen MR) is 91.7 cm³/mol. The first kappa shape index (κ1) is 15.7. The standard InChI is InChI=1S/C17H14ClN3O4/c1-25-12-6-9(4-5-10(12)18)11-7-21-15(16(22)19-11)13(8-2-3-8)14(20-21)17(23)24/h4-8H,2-3H2,1H3,(H,19,22)(H,23,24). The number of hydrogen-bond acceptors (Lipinski definition) is 4. The van der Waals surface area contributed by atoms with E-state index in [0.717, 1.165) is 12.8 Å². The van der Waals surface area contributed by atoms with Crippen LogP contribution in [0.5, 0.6) is 5.75 Å². The molecule has 0 spiro atoms. The number of nitrogens with one attached hydrogen (secondary N) is 1. The number of methoxy groups -OCH3 is 1. The Hall–Kier alpha value is -2.80. The first-order valence-electron chi connectivity index (χ1n) is 7.72. The zero-order valence-corrected chi connectivity index (χ0v) is 14.0. The van der Waals surface area contributed by atoms with Crippen molar-refractivity contribution in [3.8, 4) is 17.0 Å². The van der Waals surface area contributed by atoms with Gasteiger partial charge in [0.25, 0.3) is 5.56 Å². The summed E-state index contributed by atoms with van der Waals surface area (Å²) in [5.41, 5.74) is 1.57. The third kappa shape index (κ3) is 2.56. The summed E-state index contributed by atoms with van der Waals surface area (Å²) in [6.45, 7) is 0. The summed E-state index contributed by atoms with van der Waals surface area (Å²) in [4.78, 5) is 26.9. The maximum atomic E-state index is 12.6. The molecule has 7 nitrogen and oxygen atoms in total. The van der Waals surface area contributed by atoms with Crippen LogP contribution in [0.15, 0.2) is 29.2 Å². The predicted octanol–water partition coefficient (Wildman–Crippen LogP) is 2.93. The van der Waals surface area contributed by atoms with Crippen LogP contribution in [0.3, 0.4) is 0 Å². The van der Waals surface area contributed by atoms with Gasteiger partial charge >= 0.3 is 5.97 Å². The molecule has 3 aromatic rings. The van der Waals surface area contributed by atoms with Gasteiger partial charge in [0.05, 0.1) is 24.0 Å². The molecule has 2 N–H and O–H groups in total. The molecule has 8 heteroatoms. The number of aromatic carboxylic acids is 1. The van der Waals surface area contributed by atoms with Gasteiger partial charge in [-0.05, 0) is 30.9 Å². The van der Waals surface area contributed by atoms with Crippen molar-refractivity contribution in [3.05, 3.63) is 51.0 Å². The topological polar surface area (TPSA) is 96.7 Å². The lowest BCUT2D eigenvalue weighted by Gasteiger charge is -2.07. The minimum atomic E-state index is -1.13. The van der Waals surface area contributed by atoms with E-state index in [0.29, 0.717) is 33.1 Å². The normalized spacial score (nSPS) is 14.0. The van der Waals surface area contributed by atoms with Crippen LogP contribution < -0.4 is 10.3 Å². The second-order valence-corrected chi connectivity index (χ2v) is 6.39. The second kappa shape index (κ2) is 5.63. The number of fused-ring (bicyclic) bond motifs is 1. The van der Waals surface area contributed by atoms with Crippen LogP contribution >= 0.6 is 11.6 Å². The van der Waals surface area contributed by atoms with Gasteiger partial charge in [-0.25, -0.2) is 9.31 Å². The van der Waals surface area contributed by atoms with Crippen molar-refractivity contribution in [1.29, 1.82) is 0 Å². The number of hydrogen-bond donors (Lipinski definition) is 2. The van der Waals surface area contributed by atoms with E-state index in [1.807, 2.05) is 0 Å². The molecule has 0 radical (unpaired) electrons. The molecule has 2 aromatic heterocycles. The maximum Gasteiger partial charge on any atom is 0.356 e. The van der Waals surface area contributed by atoms with Crippen LogP contribution in [0.2, 0.25) is 5.02 Å². The number of halogens is 1. The summed E-state index contributed by atoms with van der Waals surface area (Å²) in [7, 11) is 1.51. The number of benzene rings is 1. The van der Waals surface area contributed by atoms with Gasteiger partial charge in [0.1, 0.15) is 11.3 Å². The third-order valence-electron chi connectivity index (χ3n) is 4.31. The number of carboxylic acid groups (broad SMARTS) is 1. The van der Waals surface area contributed by atoms with Crippen LogP contribution in [-0.4, -0.2) is 32.8 Å². The van der Waals surface area contributed by atoms with Gasteiger partial charge in [-0.2, -0.15) is 5.10 Å². The largest absolute Gasteiger partial charge is 0.495 e. The fourth-order valence-corrected chi connectivity index (χ4v) is 3.19. The molecule has 0 unspecified atom stereocenters. The molecule has 0 atom stereocenters. The number of carboxylic acids is 1. The van der Waals surface area contributed by atoms with E-state index in [4.69, 9.17) is 16.3 Å². The van der Waals surface area contributed by atoms with E-state index in [-0.39, 0.29) is 17.2 Å². The highest BCUT2D eigenvalue weighted by atomic mass is 35.5. The molecule has 0 bridgehead atoms. The summed E-state index contributed by atoms with van der Waals surface area (Å²) < 4.78 is 6.55. The average Bonchev–Trinajstić information content (AvgIpc) is 3.34. The van der Waals surface area contributed by atoms with E-state index >= 15 is 0 Å². The Morgan fingerprint density at radius 2 is 2.20 bits per heavy atom. The molecular weight excluding hydrogens is 346 g/mol. The number of rotatable bonds is 4. The van der Waals surface area contributed by atoms with E-state index < -0.39 is 5.97 Å². The molecule has 0 aliphatic heterocycles. The molecule has 1 saturated carbocycles. The number of H-pyrrole nitrogens is 1. The van der Waals surface area contributed by atoms with Crippen LogP contribution in [0.25, 0.3) is 16.8 Å². The van der Waals surface area contributed by atoms with Crippen LogP contribution in [0, 0.1) is 0 Å². The number of ether oxygens (including phenoxy) is 1. The first-order chi connectivity index (χ1) is 12.0. The SMILES string of the molecule is COc1cc(-c2cn3nc(C(=O)O)c(C4CC4)c3c(=O)[nH]2)ccc1Cl. The van der Waals surface area contributed by atoms with Crippen molar-refractivity contribution in [2.45, 2.75) is 18.8 Å². The van der Waals surface area contributed by atoms with Gasteiger partial charge in [-0.1, -0.05) is 17.7 Å². The van der Waals surface area contributed by atoms with Crippen molar-refractivity contribution < 1.29 is 14.6 Å². The Labute approximate surface area is 146 Å². The average molecular weight is 360 g/mol. The van der Waals surface area contributed by atoms with Gasteiger partial charge in [-0.15, -0.1) is 0 Å². The molecule has 25 heavy (non-hydrogen) atoms. The smallest absolute Gasteiger partial charge is 0.356 e. The van der Waals surface area contributed by atoms with E-state index in [1.165, 1.54) is 11.6 Å². The molecular formula is C17H14ClN3O4. The summed E-state index contributed by atoms with van der Waals surface area (Å²) >= 11 is 6.03. The lowest BCUT2D eigenvalue weighted by molar-refractivity contribution is 0.0689. The van der Waals surface area contributed by atoms with Crippen molar-refractivity contribution in [3.63, 3.8) is 0 Å². The quantitative estimate of drug-likeness (QED) is 0.746. The van der Waals surface area contributed by atoms with Crippen LogP contribution in [0.4, 0.5) is 0 Å². The lowest BCUT2D eigenvalue weighted by Crippen LogP contribution is -2.12. The lowest BCUT2D eigenvalue weighted by atomic mass is 10.1. The van der Waals surface area contributed by atoms with Gasteiger partial charge in [-0.3, -0.25) is 4.79 Å². The Kier molecular flexibility index (Phi) is 3.54. The Bertz CT molecular complexity index is 1070. The van der Waals surface area contributed by atoms with Gasteiger partial charge < -0.3 is 14.8 Å². The zero-order chi connectivity index (χ0) is 17.7. The Morgan fingerprint density at radius 1 is 1.44 bits per heavy atom. The molecule has 1 aliphatic carbocycles. The maximum absolute atomic E-state index is 12.6. The number of nitrogens with zero attached hydrogens (tertiary/aromatic N) is 2. The van der Waals surface area contributed by atoms with Crippen LogP contribution in [0.1, 0.15) is 34.8 Å². The second-order valence-electron chi connectivity index (χ2n) is 5.98. The minimum absolute atomic E-state index is 0.0566. The van der Waals surface area contributed by atoms with Crippen molar-refractivity contribution >= 4 is 23.1 Å². The van der Waals surface area contributed by atoms with E-state index in [1.54, 1.807) is 24.4 Å². The summed E-state index contributed by atoms with van der Waals surface area (Å²) in [5, 5.41) is 14.0. The number of aromatic nitrogens is 3. The molecule has 1 fully saturated rings. The molecule has 128 valence electrons. The Morgan fingerprint density at radius 3 is 2.84 bits per heavy atom. The van der Waals surface area contributed by atoms with Gasteiger partial charge in [0.2, 0.25) is 0 Å². The molecule has 0 saturated heterocycles. The monoisotopic (exact) mass is 359 g/mol. The molecule has 1 aromatic carbocycles. The van der Waals surface area contributed by atoms with E-state index in [9.17, 15) is 14.7 Å². The molecule has 0 amide bonds. The van der Waals surface area contributed by atoms with Crippen molar-refractivity contribution in [2.24, 2.45) is 0 Å². The summed E-state index contributed by atoms with van der Waals surface area (Å²) in [6, 6.07) is 5.11. The van der Waals surface area contributed by atoms with Gasteiger partial charge in [0.15, 0.2) is 5.69 Å². The third-order valence-corrected chi connectivity index (χ3v) is 4.62. The highest BCUT2D eigenvalue weighted by Crippen LogP contribution is 2.43.